The van der Waals surface area contributed by atoms with Crippen LogP contribution in [0.3, 0.4) is 0 Å². The summed E-state index contributed by atoms with van der Waals surface area (Å²) in [7, 11) is 0. The molecule has 0 aromatic heterocycles. The lowest BCUT2D eigenvalue weighted by atomic mass is 9.83. The Bertz CT molecular complexity index is 439. The zero-order chi connectivity index (χ0) is 14.0. The van der Waals surface area contributed by atoms with Gasteiger partial charge in [-0.3, -0.25) is 4.79 Å². The third kappa shape index (κ3) is 5.39. The minimum atomic E-state index is -0.629. The Balaban J connectivity index is 0.00000324. The van der Waals surface area contributed by atoms with Crippen molar-refractivity contribution < 1.29 is 4.79 Å². The first-order valence-corrected chi connectivity index (χ1v) is 6.34. The normalized spacial score (nSPS) is 11.7. The van der Waals surface area contributed by atoms with Gasteiger partial charge in [0, 0.05) is 17.1 Å². The lowest BCUT2D eigenvalue weighted by molar-refractivity contribution is -0.125. The van der Waals surface area contributed by atoms with Gasteiger partial charge < -0.3 is 11.1 Å². The molecule has 3 N–H and O–H groups in total. The van der Waals surface area contributed by atoms with Crippen molar-refractivity contribution in [1.29, 1.82) is 0 Å². The molecule has 0 spiro atoms. The zero-order valence-electron chi connectivity index (χ0n) is 11.8. The van der Waals surface area contributed by atoms with E-state index in [1.807, 2.05) is 45.9 Å². The number of hydrogen-bond acceptors (Lipinski definition) is 2. The largest absolute Gasteiger partial charge is 0.354 e. The van der Waals surface area contributed by atoms with Gasteiger partial charge in [0.25, 0.3) is 0 Å². The van der Waals surface area contributed by atoms with E-state index >= 15 is 0 Å². The summed E-state index contributed by atoms with van der Waals surface area (Å²) in [6, 6.07) is 7.36. The van der Waals surface area contributed by atoms with Crippen molar-refractivity contribution >= 4 is 29.9 Å². The van der Waals surface area contributed by atoms with E-state index < -0.39 is 11.0 Å². The number of amides is 1. The maximum Gasteiger partial charge on any atom is 0.230 e. The van der Waals surface area contributed by atoms with E-state index in [4.69, 9.17) is 17.3 Å². The summed E-state index contributed by atoms with van der Waals surface area (Å²) in [5.41, 5.74) is 5.70. The number of halogens is 2. The highest BCUT2D eigenvalue weighted by molar-refractivity contribution is 6.30. The number of nitrogens with two attached hydrogens (primary N) is 1. The SMILES string of the molecule is CC(C)(N)CNC(=O)C(C)(C)c1cccc(Cl)c1.Cl. The number of benzene rings is 1. The van der Waals surface area contributed by atoms with Gasteiger partial charge in [0.1, 0.15) is 0 Å². The van der Waals surface area contributed by atoms with Crippen LogP contribution < -0.4 is 11.1 Å². The second-order valence-electron chi connectivity index (χ2n) is 5.81. The van der Waals surface area contributed by atoms with Gasteiger partial charge in [-0.05, 0) is 45.4 Å². The third-order valence-corrected chi connectivity index (χ3v) is 3.05. The van der Waals surface area contributed by atoms with E-state index in [2.05, 4.69) is 5.32 Å². The fraction of sp³-hybridized carbons (Fsp3) is 0.500. The minimum absolute atomic E-state index is 0. The standard InChI is InChI=1S/C14H21ClN2O.ClH/c1-13(2,16)9-17-12(18)14(3,4)10-6-5-7-11(15)8-10;/h5-8H,9,16H2,1-4H3,(H,17,18);1H. The molecule has 0 aliphatic carbocycles. The second-order valence-corrected chi connectivity index (χ2v) is 6.24. The van der Waals surface area contributed by atoms with Crippen molar-refractivity contribution in [2.45, 2.75) is 38.6 Å². The molecule has 0 atom stereocenters. The molecule has 1 aromatic rings. The molecular formula is C14H22Cl2N2O. The Morgan fingerprint density at radius 3 is 2.37 bits per heavy atom. The summed E-state index contributed by atoms with van der Waals surface area (Å²) in [4.78, 5) is 12.2. The van der Waals surface area contributed by atoms with E-state index in [1.54, 1.807) is 6.07 Å². The highest BCUT2D eigenvalue weighted by Gasteiger charge is 2.30. The molecule has 3 nitrogen and oxygen atoms in total. The first kappa shape index (κ1) is 18.2. The fourth-order valence-electron chi connectivity index (χ4n) is 1.54. The molecule has 0 bridgehead atoms. The number of rotatable bonds is 4. The fourth-order valence-corrected chi connectivity index (χ4v) is 1.73. The second kappa shape index (κ2) is 6.60. The van der Waals surface area contributed by atoms with Crippen molar-refractivity contribution in [3.8, 4) is 0 Å². The average Bonchev–Trinajstić information content (AvgIpc) is 2.24. The third-order valence-electron chi connectivity index (χ3n) is 2.82. The summed E-state index contributed by atoms with van der Waals surface area (Å²) in [6.45, 7) is 7.93. The van der Waals surface area contributed by atoms with Crippen LogP contribution in [0.25, 0.3) is 0 Å². The van der Waals surface area contributed by atoms with Crippen LogP contribution in [0, 0.1) is 0 Å². The molecule has 5 heteroatoms. The van der Waals surface area contributed by atoms with Gasteiger partial charge in [-0.15, -0.1) is 12.4 Å². The van der Waals surface area contributed by atoms with Crippen LogP contribution >= 0.6 is 24.0 Å². The maximum absolute atomic E-state index is 12.2. The molecule has 1 amide bonds. The molecule has 0 unspecified atom stereocenters. The predicted molar refractivity (Wildman–Crippen MR) is 83.0 cm³/mol. The van der Waals surface area contributed by atoms with E-state index in [0.29, 0.717) is 11.6 Å². The highest BCUT2D eigenvalue weighted by atomic mass is 35.5. The number of carbonyl (C=O) groups excluding carboxylic acids is 1. The molecule has 0 saturated carbocycles. The Labute approximate surface area is 126 Å². The van der Waals surface area contributed by atoms with Gasteiger partial charge in [0.15, 0.2) is 0 Å². The molecule has 0 saturated heterocycles. The Kier molecular flexibility index (Phi) is 6.33. The van der Waals surface area contributed by atoms with Gasteiger partial charge >= 0.3 is 0 Å². The van der Waals surface area contributed by atoms with Gasteiger partial charge in [-0.25, -0.2) is 0 Å². The van der Waals surface area contributed by atoms with Crippen molar-refractivity contribution in [1.82, 2.24) is 5.32 Å². The Hall–Kier alpha value is -0.770. The number of hydrogen-bond donors (Lipinski definition) is 2. The van der Waals surface area contributed by atoms with Crippen LogP contribution in [0.1, 0.15) is 33.3 Å². The van der Waals surface area contributed by atoms with Crippen LogP contribution in [0.5, 0.6) is 0 Å². The van der Waals surface area contributed by atoms with Crippen molar-refractivity contribution in [3.63, 3.8) is 0 Å². The molecule has 1 rings (SSSR count). The summed E-state index contributed by atoms with van der Waals surface area (Å²) < 4.78 is 0. The van der Waals surface area contributed by atoms with Crippen molar-refractivity contribution in [2.75, 3.05) is 6.54 Å². The number of nitrogens with one attached hydrogen (secondary N) is 1. The van der Waals surface area contributed by atoms with Gasteiger partial charge in [-0.1, -0.05) is 23.7 Å². The quantitative estimate of drug-likeness (QED) is 0.898. The first-order valence-electron chi connectivity index (χ1n) is 5.96. The van der Waals surface area contributed by atoms with Crippen LogP contribution in [0.2, 0.25) is 5.02 Å². The lowest BCUT2D eigenvalue weighted by Crippen LogP contribution is -2.49. The molecule has 0 aliphatic heterocycles. The molecule has 0 heterocycles. The minimum Gasteiger partial charge on any atom is -0.354 e. The summed E-state index contributed by atoms with van der Waals surface area (Å²) >= 11 is 5.95. The summed E-state index contributed by atoms with van der Waals surface area (Å²) in [5.74, 6) is -0.0525. The zero-order valence-corrected chi connectivity index (χ0v) is 13.4. The topological polar surface area (TPSA) is 55.1 Å². The van der Waals surface area contributed by atoms with Crippen molar-refractivity contribution in [3.05, 3.63) is 34.9 Å². The summed E-state index contributed by atoms with van der Waals surface area (Å²) in [5, 5.41) is 3.51. The van der Waals surface area contributed by atoms with E-state index in [0.717, 1.165) is 5.56 Å². The summed E-state index contributed by atoms with van der Waals surface area (Å²) in [6.07, 6.45) is 0. The van der Waals surface area contributed by atoms with Crippen LogP contribution in [-0.4, -0.2) is 18.0 Å². The average molecular weight is 305 g/mol. The Morgan fingerprint density at radius 1 is 1.32 bits per heavy atom. The van der Waals surface area contributed by atoms with E-state index in [-0.39, 0.29) is 18.3 Å². The molecule has 0 aliphatic rings. The van der Waals surface area contributed by atoms with Gasteiger partial charge in [0.2, 0.25) is 5.91 Å². The van der Waals surface area contributed by atoms with Crippen LogP contribution in [0.4, 0.5) is 0 Å². The lowest BCUT2D eigenvalue weighted by Gasteiger charge is -2.27. The molecule has 1 aromatic carbocycles. The van der Waals surface area contributed by atoms with Crippen LogP contribution in [-0.2, 0) is 10.2 Å². The maximum atomic E-state index is 12.2. The molecule has 108 valence electrons. The Morgan fingerprint density at radius 2 is 1.89 bits per heavy atom. The molecular weight excluding hydrogens is 283 g/mol. The van der Waals surface area contributed by atoms with Gasteiger partial charge in [0.05, 0.1) is 5.41 Å². The van der Waals surface area contributed by atoms with E-state index in [9.17, 15) is 4.79 Å². The van der Waals surface area contributed by atoms with Crippen molar-refractivity contribution in [2.24, 2.45) is 5.73 Å². The predicted octanol–water partition coefficient (Wildman–Crippen LogP) is 2.89. The van der Waals surface area contributed by atoms with E-state index in [1.165, 1.54) is 0 Å². The first-order chi connectivity index (χ1) is 8.13. The molecule has 19 heavy (non-hydrogen) atoms. The highest BCUT2D eigenvalue weighted by Crippen LogP contribution is 2.25. The van der Waals surface area contributed by atoms with Gasteiger partial charge in [-0.2, -0.15) is 0 Å². The molecule has 0 fully saturated rings. The number of carbonyl (C=O) groups is 1. The monoisotopic (exact) mass is 304 g/mol. The smallest absolute Gasteiger partial charge is 0.230 e. The molecule has 0 radical (unpaired) electrons. The van der Waals surface area contributed by atoms with Crippen LogP contribution in [0.15, 0.2) is 24.3 Å².